The zero-order chi connectivity index (χ0) is 11.0. The second-order valence-electron chi connectivity index (χ2n) is 4.67. The van der Waals surface area contributed by atoms with Crippen LogP contribution in [0.15, 0.2) is 18.2 Å². The Hall–Kier alpha value is -1.09. The predicted molar refractivity (Wildman–Crippen MR) is 58.1 cm³/mol. The predicted octanol–water partition coefficient (Wildman–Crippen LogP) is 2.56. The molecule has 0 aromatic heterocycles. The highest BCUT2D eigenvalue weighted by molar-refractivity contribution is 5.36. The van der Waals surface area contributed by atoms with Crippen molar-refractivity contribution >= 4 is 0 Å². The van der Waals surface area contributed by atoms with Gasteiger partial charge in [-0.2, -0.15) is 0 Å². The fraction of sp³-hybridized carbons (Fsp3) is 0.538. The molecule has 0 radical (unpaired) electrons. The van der Waals surface area contributed by atoms with Crippen molar-refractivity contribution in [2.75, 3.05) is 13.2 Å². The summed E-state index contributed by atoms with van der Waals surface area (Å²) in [6, 6.07) is 4.72. The molecule has 0 N–H and O–H groups in total. The van der Waals surface area contributed by atoms with Crippen molar-refractivity contribution in [2.45, 2.75) is 25.4 Å². The molecule has 1 atom stereocenters. The monoisotopic (exact) mass is 222 g/mol. The van der Waals surface area contributed by atoms with Gasteiger partial charge in [0.15, 0.2) is 0 Å². The largest absolute Gasteiger partial charge is 0.490 e. The van der Waals surface area contributed by atoms with Gasteiger partial charge in [-0.15, -0.1) is 0 Å². The number of benzene rings is 1. The molecule has 86 valence electrons. The second-order valence-corrected chi connectivity index (χ2v) is 4.67. The van der Waals surface area contributed by atoms with Gasteiger partial charge in [-0.25, -0.2) is 4.39 Å². The van der Waals surface area contributed by atoms with Crippen LogP contribution in [0.3, 0.4) is 0 Å². The highest BCUT2D eigenvalue weighted by atomic mass is 19.1. The van der Waals surface area contributed by atoms with Crippen LogP contribution in [0.1, 0.15) is 18.4 Å². The quantitative estimate of drug-likeness (QED) is 0.782. The molecule has 1 aliphatic heterocycles. The van der Waals surface area contributed by atoms with Crippen LogP contribution in [0.2, 0.25) is 0 Å². The molecule has 1 heterocycles. The molecular weight excluding hydrogens is 207 g/mol. The summed E-state index contributed by atoms with van der Waals surface area (Å²) in [5.74, 6) is 1.21. The molecule has 3 rings (SSSR count). The third-order valence-corrected chi connectivity index (χ3v) is 3.17. The minimum atomic E-state index is -0.240. The van der Waals surface area contributed by atoms with Gasteiger partial charge in [0.1, 0.15) is 18.2 Å². The molecule has 2 nitrogen and oxygen atoms in total. The van der Waals surface area contributed by atoms with E-state index in [2.05, 4.69) is 0 Å². The standard InChI is InChI=1S/C13H15FO2/c14-11-4-3-10-5-12(8-16-13(10)6-11)15-7-9-1-2-9/h3-4,6,9,12H,1-2,5,7-8H2/t12-/m1/s1. The Bertz CT molecular complexity index is 388. The lowest BCUT2D eigenvalue weighted by Gasteiger charge is -2.25. The molecule has 16 heavy (non-hydrogen) atoms. The van der Waals surface area contributed by atoms with E-state index in [1.54, 1.807) is 6.07 Å². The first-order valence-corrected chi connectivity index (χ1v) is 5.84. The lowest BCUT2D eigenvalue weighted by atomic mass is 10.0. The average molecular weight is 222 g/mol. The first-order valence-electron chi connectivity index (χ1n) is 5.84. The van der Waals surface area contributed by atoms with E-state index in [4.69, 9.17) is 9.47 Å². The lowest BCUT2D eigenvalue weighted by molar-refractivity contribution is 0.00592. The molecule has 0 amide bonds. The summed E-state index contributed by atoms with van der Waals surface area (Å²) in [6.45, 7) is 1.40. The summed E-state index contributed by atoms with van der Waals surface area (Å²) in [7, 11) is 0. The molecule has 2 aliphatic rings. The summed E-state index contributed by atoms with van der Waals surface area (Å²) in [6.07, 6.45) is 3.58. The molecule has 1 aliphatic carbocycles. The van der Waals surface area contributed by atoms with E-state index < -0.39 is 0 Å². The Balaban J connectivity index is 1.63. The van der Waals surface area contributed by atoms with Crippen molar-refractivity contribution in [1.82, 2.24) is 0 Å². The van der Waals surface area contributed by atoms with E-state index in [-0.39, 0.29) is 11.9 Å². The Morgan fingerprint density at radius 3 is 3.06 bits per heavy atom. The van der Waals surface area contributed by atoms with Crippen LogP contribution in [0.5, 0.6) is 5.75 Å². The average Bonchev–Trinajstić information content (AvgIpc) is 3.10. The number of halogens is 1. The van der Waals surface area contributed by atoms with E-state index in [1.807, 2.05) is 0 Å². The maximum atomic E-state index is 12.9. The van der Waals surface area contributed by atoms with E-state index in [0.29, 0.717) is 12.4 Å². The van der Waals surface area contributed by atoms with Crippen LogP contribution in [-0.4, -0.2) is 19.3 Å². The topological polar surface area (TPSA) is 18.5 Å². The molecule has 1 saturated carbocycles. The van der Waals surface area contributed by atoms with Gasteiger partial charge in [0, 0.05) is 19.1 Å². The third-order valence-electron chi connectivity index (χ3n) is 3.17. The maximum absolute atomic E-state index is 12.9. The van der Waals surface area contributed by atoms with Crippen molar-refractivity contribution in [1.29, 1.82) is 0 Å². The molecular formula is C13H15FO2. The number of hydrogen-bond acceptors (Lipinski definition) is 2. The van der Waals surface area contributed by atoms with Crippen molar-refractivity contribution in [2.24, 2.45) is 5.92 Å². The third kappa shape index (κ3) is 2.19. The van der Waals surface area contributed by atoms with Gasteiger partial charge in [-0.1, -0.05) is 6.07 Å². The van der Waals surface area contributed by atoms with E-state index in [1.165, 1.54) is 25.0 Å². The van der Waals surface area contributed by atoms with Crippen LogP contribution in [0.4, 0.5) is 4.39 Å². The molecule has 1 aromatic carbocycles. The highest BCUT2D eigenvalue weighted by Crippen LogP contribution is 2.31. The van der Waals surface area contributed by atoms with Gasteiger partial charge in [-0.3, -0.25) is 0 Å². The van der Waals surface area contributed by atoms with Gasteiger partial charge in [-0.05, 0) is 30.4 Å². The minimum absolute atomic E-state index is 0.138. The Morgan fingerprint density at radius 2 is 2.25 bits per heavy atom. The first-order chi connectivity index (χ1) is 7.81. The molecule has 0 unspecified atom stereocenters. The van der Waals surface area contributed by atoms with Crippen LogP contribution in [0, 0.1) is 11.7 Å². The fourth-order valence-corrected chi connectivity index (χ4v) is 1.98. The zero-order valence-corrected chi connectivity index (χ0v) is 9.12. The fourth-order valence-electron chi connectivity index (χ4n) is 1.98. The maximum Gasteiger partial charge on any atom is 0.126 e. The lowest BCUT2D eigenvalue weighted by Crippen LogP contribution is -2.29. The summed E-state index contributed by atoms with van der Waals surface area (Å²) in [5, 5.41) is 0. The normalized spacial score (nSPS) is 23.7. The molecule has 1 aromatic rings. The number of hydrogen-bond donors (Lipinski definition) is 0. The summed E-state index contributed by atoms with van der Waals surface area (Å²) in [4.78, 5) is 0. The van der Waals surface area contributed by atoms with Crippen LogP contribution in [0.25, 0.3) is 0 Å². The van der Waals surface area contributed by atoms with Gasteiger partial charge >= 0.3 is 0 Å². The summed E-state index contributed by atoms with van der Waals surface area (Å²) < 4.78 is 24.2. The number of rotatable bonds is 3. The highest BCUT2D eigenvalue weighted by Gasteiger charge is 2.26. The smallest absolute Gasteiger partial charge is 0.126 e. The van der Waals surface area contributed by atoms with Crippen molar-refractivity contribution in [3.05, 3.63) is 29.6 Å². The number of fused-ring (bicyclic) bond motifs is 1. The molecule has 1 fully saturated rings. The SMILES string of the molecule is Fc1ccc2c(c1)OC[C@H](OCC1CC1)C2. The Kier molecular flexibility index (Phi) is 2.56. The van der Waals surface area contributed by atoms with Gasteiger partial charge < -0.3 is 9.47 Å². The van der Waals surface area contributed by atoms with Gasteiger partial charge in [0.25, 0.3) is 0 Å². The second kappa shape index (κ2) is 4.06. The molecule has 3 heteroatoms. The Labute approximate surface area is 94.4 Å². The molecule has 0 spiro atoms. The van der Waals surface area contributed by atoms with Gasteiger partial charge in [0.05, 0.1) is 6.10 Å². The first kappa shape index (κ1) is 10.1. The van der Waals surface area contributed by atoms with Crippen LogP contribution >= 0.6 is 0 Å². The Morgan fingerprint density at radius 1 is 1.38 bits per heavy atom. The summed E-state index contributed by atoms with van der Waals surface area (Å²) >= 11 is 0. The zero-order valence-electron chi connectivity index (χ0n) is 9.12. The van der Waals surface area contributed by atoms with E-state index >= 15 is 0 Å². The van der Waals surface area contributed by atoms with Crippen molar-refractivity contribution in [3.8, 4) is 5.75 Å². The van der Waals surface area contributed by atoms with Crippen LogP contribution in [-0.2, 0) is 11.2 Å². The number of ether oxygens (including phenoxy) is 2. The van der Waals surface area contributed by atoms with Gasteiger partial charge in [0.2, 0.25) is 0 Å². The van der Waals surface area contributed by atoms with E-state index in [9.17, 15) is 4.39 Å². The van der Waals surface area contributed by atoms with E-state index in [0.717, 1.165) is 24.5 Å². The summed E-state index contributed by atoms with van der Waals surface area (Å²) in [5.41, 5.74) is 1.05. The minimum Gasteiger partial charge on any atom is -0.490 e. The van der Waals surface area contributed by atoms with Crippen LogP contribution < -0.4 is 4.74 Å². The van der Waals surface area contributed by atoms with Crippen molar-refractivity contribution in [3.63, 3.8) is 0 Å². The molecule has 0 bridgehead atoms. The van der Waals surface area contributed by atoms with Crippen molar-refractivity contribution < 1.29 is 13.9 Å². The molecule has 0 saturated heterocycles.